The van der Waals surface area contributed by atoms with Crippen molar-refractivity contribution in [2.75, 3.05) is 6.54 Å². The largest absolute Gasteiger partial charge is 0.364 e. The van der Waals surface area contributed by atoms with Crippen LogP contribution in [-0.4, -0.2) is 46.4 Å². The standard InChI is InChI=1S/C19H28N6O/c1-19(2)15-10-21-17(22-14-8-9-14)23-16(15)12-24(19)18(26)25(20)11-13-6-4-3-5-7-13/h3-7,10,14,16-17,21-23H,8-9,11-12,20H2,1-2H3. The van der Waals surface area contributed by atoms with Crippen LogP contribution in [0.15, 0.2) is 42.1 Å². The van der Waals surface area contributed by atoms with E-state index in [4.69, 9.17) is 5.84 Å². The molecule has 0 bridgehead atoms. The molecule has 2 aliphatic heterocycles. The fourth-order valence-electron chi connectivity index (χ4n) is 3.84. The maximum atomic E-state index is 13.0. The van der Waals surface area contributed by atoms with Crippen molar-refractivity contribution in [3.05, 3.63) is 47.7 Å². The maximum absolute atomic E-state index is 13.0. The number of hydrogen-bond donors (Lipinski definition) is 4. The van der Waals surface area contributed by atoms with Gasteiger partial charge >= 0.3 is 6.03 Å². The number of amides is 2. The van der Waals surface area contributed by atoms with Crippen LogP contribution in [0.2, 0.25) is 0 Å². The molecule has 7 nitrogen and oxygen atoms in total. The molecule has 140 valence electrons. The SMILES string of the molecule is CC1(C)C2=CNC(NC3CC3)NC2CN1C(=O)N(N)Cc1ccccc1. The number of hydrazine groups is 1. The van der Waals surface area contributed by atoms with Crippen molar-refractivity contribution in [2.24, 2.45) is 5.84 Å². The Morgan fingerprint density at radius 1 is 1.35 bits per heavy atom. The summed E-state index contributed by atoms with van der Waals surface area (Å²) in [5.74, 6) is 6.12. The molecule has 2 atom stereocenters. The highest BCUT2D eigenvalue weighted by atomic mass is 16.2. The van der Waals surface area contributed by atoms with E-state index >= 15 is 0 Å². The van der Waals surface area contributed by atoms with Crippen molar-refractivity contribution in [2.45, 2.75) is 57.1 Å². The first-order valence-corrected chi connectivity index (χ1v) is 9.31. The molecule has 2 fully saturated rings. The van der Waals surface area contributed by atoms with Gasteiger partial charge in [0.25, 0.3) is 0 Å². The zero-order valence-electron chi connectivity index (χ0n) is 15.4. The molecule has 3 aliphatic rings. The summed E-state index contributed by atoms with van der Waals surface area (Å²) < 4.78 is 0. The van der Waals surface area contributed by atoms with Crippen LogP contribution in [0.25, 0.3) is 0 Å². The van der Waals surface area contributed by atoms with Crippen molar-refractivity contribution in [3.63, 3.8) is 0 Å². The van der Waals surface area contributed by atoms with Gasteiger partial charge in [-0.2, -0.15) is 0 Å². The molecule has 1 aromatic rings. The summed E-state index contributed by atoms with van der Waals surface area (Å²) in [4.78, 5) is 14.9. The average molecular weight is 356 g/mol. The lowest BCUT2D eigenvalue weighted by Crippen LogP contribution is -2.59. The number of nitrogens with two attached hydrogens (primary N) is 1. The molecule has 2 unspecified atom stereocenters. The first-order chi connectivity index (χ1) is 12.4. The van der Waals surface area contributed by atoms with Gasteiger partial charge in [-0.3, -0.25) is 15.6 Å². The monoisotopic (exact) mass is 356 g/mol. The van der Waals surface area contributed by atoms with Gasteiger partial charge in [-0.05, 0) is 37.8 Å². The van der Waals surface area contributed by atoms with E-state index in [1.807, 2.05) is 35.2 Å². The highest BCUT2D eigenvalue weighted by molar-refractivity contribution is 5.76. The Morgan fingerprint density at radius 3 is 2.77 bits per heavy atom. The highest BCUT2D eigenvalue weighted by Crippen LogP contribution is 2.36. The van der Waals surface area contributed by atoms with Crippen molar-refractivity contribution in [3.8, 4) is 0 Å². The van der Waals surface area contributed by atoms with E-state index in [-0.39, 0.29) is 23.9 Å². The number of hydrogen-bond acceptors (Lipinski definition) is 5. The Hall–Kier alpha value is -2.09. The van der Waals surface area contributed by atoms with Crippen molar-refractivity contribution in [1.82, 2.24) is 25.9 Å². The van der Waals surface area contributed by atoms with Gasteiger partial charge in [0.2, 0.25) is 0 Å². The van der Waals surface area contributed by atoms with E-state index in [0.29, 0.717) is 19.1 Å². The molecule has 0 radical (unpaired) electrons. The molecule has 2 amide bonds. The Balaban J connectivity index is 1.44. The zero-order valence-corrected chi connectivity index (χ0v) is 15.4. The molecule has 4 rings (SSSR count). The number of nitrogens with zero attached hydrogens (tertiary/aromatic N) is 2. The molecule has 26 heavy (non-hydrogen) atoms. The van der Waals surface area contributed by atoms with E-state index < -0.39 is 0 Å². The van der Waals surface area contributed by atoms with Crippen LogP contribution in [0, 0.1) is 0 Å². The smallest absolute Gasteiger partial charge is 0.335 e. The molecular weight excluding hydrogens is 328 g/mol. The normalized spacial score (nSPS) is 26.7. The third kappa shape index (κ3) is 3.30. The minimum Gasteiger partial charge on any atom is -0.364 e. The second-order valence-corrected chi connectivity index (χ2v) is 7.93. The number of benzene rings is 1. The van der Waals surface area contributed by atoms with Gasteiger partial charge in [-0.1, -0.05) is 30.3 Å². The Labute approximate surface area is 154 Å². The lowest BCUT2D eigenvalue weighted by Gasteiger charge is -2.36. The second-order valence-electron chi connectivity index (χ2n) is 7.93. The number of fused-ring (bicyclic) bond motifs is 1. The molecule has 2 heterocycles. The van der Waals surface area contributed by atoms with Gasteiger partial charge in [0.1, 0.15) is 6.29 Å². The third-order valence-corrected chi connectivity index (χ3v) is 5.55. The van der Waals surface area contributed by atoms with E-state index in [0.717, 1.165) is 5.56 Å². The summed E-state index contributed by atoms with van der Waals surface area (Å²) in [6.45, 7) is 5.16. The maximum Gasteiger partial charge on any atom is 0.335 e. The van der Waals surface area contributed by atoms with E-state index in [1.54, 1.807) is 0 Å². The lowest BCUT2D eigenvalue weighted by atomic mass is 9.92. The molecule has 1 saturated heterocycles. The third-order valence-electron chi connectivity index (χ3n) is 5.55. The topological polar surface area (TPSA) is 85.7 Å². The molecule has 7 heteroatoms. The fourth-order valence-corrected chi connectivity index (χ4v) is 3.84. The summed E-state index contributed by atoms with van der Waals surface area (Å²) in [5, 5.41) is 11.8. The predicted molar refractivity (Wildman–Crippen MR) is 100 cm³/mol. The minimum atomic E-state index is -0.388. The van der Waals surface area contributed by atoms with Crippen molar-refractivity contribution >= 4 is 6.03 Å². The number of urea groups is 1. The van der Waals surface area contributed by atoms with E-state index in [1.165, 1.54) is 23.4 Å². The van der Waals surface area contributed by atoms with Crippen LogP contribution in [0.4, 0.5) is 4.79 Å². The number of nitrogens with one attached hydrogen (secondary N) is 3. The molecule has 1 aliphatic carbocycles. The Morgan fingerprint density at radius 2 is 2.08 bits per heavy atom. The molecular formula is C19H28N6O. The number of carbonyl (C=O) groups excluding carboxylic acids is 1. The van der Waals surface area contributed by atoms with Crippen molar-refractivity contribution < 1.29 is 4.79 Å². The van der Waals surface area contributed by atoms with Gasteiger partial charge in [0.05, 0.1) is 18.1 Å². The van der Waals surface area contributed by atoms with Gasteiger partial charge < -0.3 is 10.2 Å². The summed E-state index contributed by atoms with van der Waals surface area (Å²) in [7, 11) is 0. The van der Waals surface area contributed by atoms with Gasteiger partial charge in [-0.15, -0.1) is 0 Å². The minimum absolute atomic E-state index is 0.0559. The van der Waals surface area contributed by atoms with Crippen LogP contribution in [0.3, 0.4) is 0 Å². The van der Waals surface area contributed by atoms with Gasteiger partial charge in [-0.25, -0.2) is 10.6 Å². The molecule has 0 spiro atoms. The lowest BCUT2D eigenvalue weighted by molar-refractivity contribution is 0.129. The van der Waals surface area contributed by atoms with Crippen molar-refractivity contribution in [1.29, 1.82) is 0 Å². The zero-order chi connectivity index (χ0) is 18.3. The summed E-state index contributed by atoms with van der Waals surface area (Å²) >= 11 is 0. The van der Waals surface area contributed by atoms with Gasteiger partial charge in [0, 0.05) is 18.8 Å². The number of likely N-dealkylation sites (tertiary alicyclic amines) is 1. The summed E-state index contributed by atoms with van der Waals surface area (Å²) in [6, 6.07) is 10.4. The first kappa shape index (κ1) is 17.3. The number of carbonyl (C=O) groups is 1. The van der Waals surface area contributed by atoms with E-state index in [2.05, 4.69) is 36.0 Å². The molecule has 0 aromatic heterocycles. The second kappa shape index (κ2) is 6.57. The van der Waals surface area contributed by atoms with Crippen LogP contribution in [-0.2, 0) is 6.54 Å². The van der Waals surface area contributed by atoms with E-state index in [9.17, 15) is 4.79 Å². The Kier molecular flexibility index (Phi) is 4.38. The fraction of sp³-hybridized carbons (Fsp3) is 0.526. The average Bonchev–Trinajstić information content (AvgIpc) is 3.39. The Bertz CT molecular complexity index is 699. The highest BCUT2D eigenvalue weighted by Gasteiger charge is 2.48. The first-order valence-electron chi connectivity index (χ1n) is 9.31. The van der Waals surface area contributed by atoms with Gasteiger partial charge in [0.15, 0.2) is 0 Å². The molecule has 1 saturated carbocycles. The van der Waals surface area contributed by atoms with Crippen LogP contribution < -0.4 is 21.8 Å². The summed E-state index contributed by atoms with van der Waals surface area (Å²) in [5.41, 5.74) is 1.82. The number of rotatable bonds is 4. The quantitative estimate of drug-likeness (QED) is 0.368. The molecule has 1 aromatic carbocycles. The van der Waals surface area contributed by atoms with Crippen LogP contribution in [0.1, 0.15) is 32.3 Å². The summed E-state index contributed by atoms with van der Waals surface area (Å²) in [6.07, 6.45) is 4.59. The van der Waals surface area contributed by atoms with Crippen LogP contribution >= 0.6 is 0 Å². The predicted octanol–water partition coefficient (Wildman–Crippen LogP) is 1.06. The van der Waals surface area contributed by atoms with Crippen LogP contribution in [0.5, 0.6) is 0 Å². The molecule has 5 N–H and O–H groups in total.